The highest BCUT2D eigenvalue weighted by Crippen LogP contribution is 2.18. The number of aliphatic hydroxyl groups excluding tert-OH is 1. The van der Waals surface area contributed by atoms with E-state index >= 15 is 0 Å². The molecule has 1 rings (SSSR count). The molecule has 0 saturated heterocycles. The number of aryl methyl sites for hydroxylation is 2. The molecule has 0 fully saturated rings. The molecule has 1 atom stereocenters. The Bertz CT molecular complexity index is 360. The SMILES string of the molecule is Cc1nc(C)c(C(=O)N(C)CC(C)O)s1. The summed E-state index contributed by atoms with van der Waals surface area (Å²) in [6, 6.07) is 0. The lowest BCUT2D eigenvalue weighted by atomic mass is 10.3. The summed E-state index contributed by atoms with van der Waals surface area (Å²) in [5.74, 6) is -0.0704. The average molecular weight is 228 g/mol. The van der Waals surface area contributed by atoms with Gasteiger partial charge in [-0.1, -0.05) is 0 Å². The van der Waals surface area contributed by atoms with Crippen molar-refractivity contribution in [2.45, 2.75) is 26.9 Å². The van der Waals surface area contributed by atoms with Gasteiger partial charge in [-0.25, -0.2) is 4.98 Å². The highest BCUT2D eigenvalue weighted by atomic mass is 32.1. The van der Waals surface area contributed by atoms with E-state index in [0.717, 1.165) is 10.7 Å². The molecule has 0 radical (unpaired) electrons. The fourth-order valence-electron chi connectivity index (χ4n) is 1.38. The Hall–Kier alpha value is -0.940. The quantitative estimate of drug-likeness (QED) is 0.846. The number of hydrogen-bond donors (Lipinski definition) is 1. The van der Waals surface area contributed by atoms with Crippen LogP contribution in [0.25, 0.3) is 0 Å². The maximum absolute atomic E-state index is 11.9. The van der Waals surface area contributed by atoms with E-state index < -0.39 is 6.10 Å². The molecule has 84 valence electrons. The molecule has 1 aromatic rings. The third-order valence-corrected chi connectivity index (χ3v) is 3.04. The maximum Gasteiger partial charge on any atom is 0.265 e. The van der Waals surface area contributed by atoms with Crippen molar-refractivity contribution < 1.29 is 9.90 Å². The number of aromatic nitrogens is 1. The molecule has 0 spiro atoms. The van der Waals surface area contributed by atoms with Gasteiger partial charge in [0.1, 0.15) is 4.88 Å². The Morgan fingerprint density at radius 3 is 2.60 bits per heavy atom. The number of rotatable bonds is 3. The van der Waals surface area contributed by atoms with Crippen LogP contribution in [-0.4, -0.2) is 40.6 Å². The fraction of sp³-hybridized carbons (Fsp3) is 0.600. The van der Waals surface area contributed by atoms with E-state index in [4.69, 9.17) is 0 Å². The molecule has 0 aromatic carbocycles. The van der Waals surface area contributed by atoms with Gasteiger partial charge in [-0.2, -0.15) is 0 Å². The maximum atomic E-state index is 11.9. The van der Waals surface area contributed by atoms with Crippen molar-refractivity contribution in [3.05, 3.63) is 15.6 Å². The van der Waals surface area contributed by atoms with Gasteiger partial charge in [0.25, 0.3) is 5.91 Å². The largest absolute Gasteiger partial charge is 0.392 e. The number of nitrogens with zero attached hydrogens (tertiary/aromatic N) is 2. The van der Waals surface area contributed by atoms with Gasteiger partial charge in [0.05, 0.1) is 16.8 Å². The molecule has 15 heavy (non-hydrogen) atoms. The predicted molar refractivity (Wildman–Crippen MR) is 60.2 cm³/mol. The summed E-state index contributed by atoms with van der Waals surface area (Å²) in [4.78, 5) is 18.3. The second kappa shape index (κ2) is 4.72. The van der Waals surface area contributed by atoms with Crippen molar-refractivity contribution in [1.82, 2.24) is 9.88 Å². The van der Waals surface area contributed by atoms with E-state index in [1.807, 2.05) is 13.8 Å². The molecular weight excluding hydrogens is 212 g/mol. The topological polar surface area (TPSA) is 53.4 Å². The van der Waals surface area contributed by atoms with Crippen molar-refractivity contribution in [3.63, 3.8) is 0 Å². The van der Waals surface area contributed by atoms with E-state index in [0.29, 0.717) is 11.4 Å². The van der Waals surface area contributed by atoms with Gasteiger partial charge in [-0.3, -0.25) is 4.79 Å². The molecule has 1 amide bonds. The molecule has 0 bridgehead atoms. The van der Waals surface area contributed by atoms with Crippen molar-refractivity contribution in [2.24, 2.45) is 0 Å². The number of hydrogen-bond acceptors (Lipinski definition) is 4. The molecule has 1 unspecified atom stereocenters. The molecule has 0 saturated carbocycles. The smallest absolute Gasteiger partial charge is 0.265 e. The molecule has 0 aliphatic rings. The third kappa shape index (κ3) is 3.00. The summed E-state index contributed by atoms with van der Waals surface area (Å²) in [6.07, 6.45) is -0.506. The number of carbonyl (C=O) groups excluding carboxylic acids is 1. The molecule has 0 aliphatic carbocycles. The fourth-order valence-corrected chi connectivity index (χ4v) is 2.30. The minimum absolute atomic E-state index is 0.0704. The molecule has 5 heteroatoms. The van der Waals surface area contributed by atoms with Crippen molar-refractivity contribution in [1.29, 1.82) is 0 Å². The molecule has 0 aliphatic heterocycles. The van der Waals surface area contributed by atoms with Gasteiger partial charge in [0.15, 0.2) is 0 Å². The normalized spacial score (nSPS) is 12.6. The lowest BCUT2D eigenvalue weighted by molar-refractivity contribution is 0.0707. The second-order valence-corrected chi connectivity index (χ2v) is 4.89. The van der Waals surface area contributed by atoms with Crippen molar-refractivity contribution in [3.8, 4) is 0 Å². The summed E-state index contributed by atoms with van der Waals surface area (Å²) in [5.41, 5.74) is 0.764. The summed E-state index contributed by atoms with van der Waals surface area (Å²) < 4.78 is 0. The zero-order valence-corrected chi connectivity index (χ0v) is 10.3. The standard InChI is InChI=1S/C10H16N2O2S/c1-6(13)5-12(4)10(14)9-7(2)11-8(3)15-9/h6,13H,5H2,1-4H3. The van der Waals surface area contributed by atoms with Crippen LogP contribution in [0.4, 0.5) is 0 Å². The number of aliphatic hydroxyl groups is 1. The van der Waals surface area contributed by atoms with Crippen LogP contribution in [0.2, 0.25) is 0 Å². The minimum Gasteiger partial charge on any atom is -0.392 e. The van der Waals surface area contributed by atoms with E-state index in [1.165, 1.54) is 16.2 Å². The summed E-state index contributed by atoms with van der Waals surface area (Å²) in [6.45, 7) is 5.71. The zero-order valence-electron chi connectivity index (χ0n) is 9.44. The monoisotopic (exact) mass is 228 g/mol. The van der Waals surface area contributed by atoms with Crippen molar-refractivity contribution in [2.75, 3.05) is 13.6 Å². The van der Waals surface area contributed by atoms with E-state index in [1.54, 1.807) is 14.0 Å². The first kappa shape index (κ1) is 12.1. The van der Waals surface area contributed by atoms with Crippen LogP contribution in [0.3, 0.4) is 0 Å². The van der Waals surface area contributed by atoms with Crippen LogP contribution in [-0.2, 0) is 0 Å². The Labute approximate surface area is 93.6 Å². The van der Waals surface area contributed by atoms with Crippen LogP contribution in [0.1, 0.15) is 27.3 Å². The first-order chi connectivity index (χ1) is 6.91. The van der Waals surface area contributed by atoms with Crippen molar-refractivity contribution >= 4 is 17.2 Å². The highest BCUT2D eigenvalue weighted by Gasteiger charge is 2.18. The second-order valence-electron chi connectivity index (χ2n) is 3.68. The van der Waals surface area contributed by atoms with Gasteiger partial charge < -0.3 is 10.0 Å². The van der Waals surface area contributed by atoms with Gasteiger partial charge >= 0.3 is 0 Å². The van der Waals surface area contributed by atoms with Gasteiger partial charge in [-0.05, 0) is 20.8 Å². The summed E-state index contributed by atoms with van der Waals surface area (Å²) in [7, 11) is 1.68. The van der Waals surface area contributed by atoms with Crippen LogP contribution in [0, 0.1) is 13.8 Å². The first-order valence-electron chi connectivity index (χ1n) is 4.79. The minimum atomic E-state index is -0.506. The van der Waals surface area contributed by atoms with Crippen LogP contribution in [0.15, 0.2) is 0 Å². The molecule has 4 nitrogen and oxygen atoms in total. The van der Waals surface area contributed by atoms with Crippen LogP contribution < -0.4 is 0 Å². The molecule has 1 aromatic heterocycles. The summed E-state index contributed by atoms with van der Waals surface area (Å²) in [5, 5.41) is 10.1. The third-order valence-electron chi connectivity index (χ3n) is 1.98. The van der Waals surface area contributed by atoms with Crippen LogP contribution >= 0.6 is 11.3 Å². The van der Waals surface area contributed by atoms with E-state index in [9.17, 15) is 9.90 Å². The lowest BCUT2D eigenvalue weighted by Gasteiger charge is -2.17. The first-order valence-corrected chi connectivity index (χ1v) is 5.61. The van der Waals surface area contributed by atoms with Gasteiger partial charge in [-0.15, -0.1) is 11.3 Å². The van der Waals surface area contributed by atoms with E-state index in [-0.39, 0.29) is 5.91 Å². The number of carbonyl (C=O) groups is 1. The Morgan fingerprint density at radius 1 is 1.60 bits per heavy atom. The molecule has 1 N–H and O–H groups in total. The summed E-state index contributed by atoms with van der Waals surface area (Å²) >= 11 is 1.39. The zero-order chi connectivity index (χ0) is 11.6. The number of likely N-dealkylation sites (N-methyl/N-ethyl adjacent to an activating group) is 1. The average Bonchev–Trinajstić information content (AvgIpc) is 2.42. The molecular formula is C10H16N2O2S. The van der Waals surface area contributed by atoms with Crippen LogP contribution in [0.5, 0.6) is 0 Å². The van der Waals surface area contributed by atoms with Gasteiger partial charge in [0.2, 0.25) is 0 Å². The number of thiazole rings is 1. The Kier molecular flexibility index (Phi) is 3.82. The predicted octanol–water partition coefficient (Wildman–Crippen LogP) is 1.21. The number of amides is 1. The Morgan fingerprint density at radius 2 is 2.20 bits per heavy atom. The highest BCUT2D eigenvalue weighted by molar-refractivity contribution is 7.13. The van der Waals surface area contributed by atoms with Gasteiger partial charge in [0, 0.05) is 13.6 Å². The molecule has 1 heterocycles. The van der Waals surface area contributed by atoms with E-state index in [2.05, 4.69) is 4.98 Å². The lowest BCUT2D eigenvalue weighted by Crippen LogP contribution is -2.32. The Balaban J connectivity index is 2.80.